The molecule has 4 nitrogen and oxygen atoms in total. The van der Waals surface area contributed by atoms with Crippen molar-refractivity contribution in [1.29, 1.82) is 0 Å². The van der Waals surface area contributed by atoms with Gasteiger partial charge in [-0.3, -0.25) is 0 Å². The molecular weight excluding hydrogens is 236 g/mol. The molecule has 1 aromatic heterocycles. The largest absolute Gasteiger partial charge is 0.308 e. The molecule has 0 saturated heterocycles. The van der Waals surface area contributed by atoms with Crippen LogP contribution in [-0.4, -0.2) is 21.5 Å². The normalized spacial score (nSPS) is 20.4. The first-order chi connectivity index (χ1) is 9.21. The third-order valence-electron chi connectivity index (χ3n) is 4.48. The Hall–Kier alpha value is -0.900. The highest BCUT2D eigenvalue weighted by Gasteiger charge is 2.37. The first kappa shape index (κ1) is 14.5. The molecule has 0 spiro atoms. The van der Waals surface area contributed by atoms with Crippen LogP contribution in [0.2, 0.25) is 0 Å². The summed E-state index contributed by atoms with van der Waals surface area (Å²) in [5.74, 6) is 0. The van der Waals surface area contributed by atoms with Crippen LogP contribution < -0.4 is 5.32 Å². The van der Waals surface area contributed by atoms with Crippen LogP contribution >= 0.6 is 0 Å². The second-order valence-corrected chi connectivity index (χ2v) is 6.09. The summed E-state index contributed by atoms with van der Waals surface area (Å²) < 4.78 is 2.09. The molecule has 0 aliphatic heterocycles. The van der Waals surface area contributed by atoms with Crippen LogP contribution in [0, 0.1) is 5.41 Å². The molecule has 0 aromatic carbocycles. The first-order valence-corrected chi connectivity index (χ1v) is 7.83. The maximum Gasteiger partial charge on any atom is 0.0762 e. The van der Waals surface area contributed by atoms with Gasteiger partial charge in [0.2, 0.25) is 0 Å². The van der Waals surface area contributed by atoms with E-state index in [9.17, 15) is 0 Å². The van der Waals surface area contributed by atoms with Crippen molar-refractivity contribution in [2.75, 3.05) is 6.54 Å². The van der Waals surface area contributed by atoms with Crippen LogP contribution in [0.25, 0.3) is 0 Å². The number of nitrogens with one attached hydrogen (secondary N) is 1. The van der Waals surface area contributed by atoms with Gasteiger partial charge in [-0.15, -0.1) is 5.10 Å². The molecule has 1 N–H and O–H groups in total. The Morgan fingerprint density at radius 1 is 1.32 bits per heavy atom. The lowest BCUT2D eigenvalue weighted by Gasteiger charge is -2.41. The molecular formula is C15H28N4. The molecule has 1 unspecified atom stereocenters. The monoisotopic (exact) mass is 264 g/mol. The second-order valence-electron chi connectivity index (χ2n) is 6.09. The van der Waals surface area contributed by atoms with Crippen molar-refractivity contribution in [1.82, 2.24) is 20.3 Å². The molecule has 0 radical (unpaired) electrons. The number of hydrogen-bond donors (Lipinski definition) is 1. The Bertz CT molecular complexity index is 379. The van der Waals surface area contributed by atoms with Gasteiger partial charge in [-0.1, -0.05) is 45.2 Å². The van der Waals surface area contributed by atoms with Crippen LogP contribution in [0.3, 0.4) is 0 Å². The fourth-order valence-electron chi connectivity index (χ4n) is 3.44. The van der Waals surface area contributed by atoms with Gasteiger partial charge in [0.25, 0.3) is 0 Å². The lowest BCUT2D eigenvalue weighted by Crippen LogP contribution is -2.39. The van der Waals surface area contributed by atoms with Gasteiger partial charge in [0, 0.05) is 6.54 Å². The molecule has 1 aliphatic rings. The minimum Gasteiger partial charge on any atom is -0.308 e. The highest BCUT2D eigenvalue weighted by atomic mass is 15.4. The van der Waals surface area contributed by atoms with Crippen LogP contribution in [0.4, 0.5) is 0 Å². The van der Waals surface area contributed by atoms with Gasteiger partial charge in [0.05, 0.1) is 17.9 Å². The third kappa shape index (κ3) is 3.16. The average molecular weight is 264 g/mol. The summed E-state index contributed by atoms with van der Waals surface area (Å²) in [6.45, 7) is 8.77. The number of hydrogen-bond acceptors (Lipinski definition) is 3. The molecule has 108 valence electrons. The van der Waals surface area contributed by atoms with Crippen molar-refractivity contribution >= 4 is 0 Å². The van der Waals surface area contributed by atoms with Crippen molar-refractivity contribution in [3.05, 3.63) is 11.9 Å². The zero-order chi connectivity index (χ0) is 13.7. The van der Waals surface area contributed by atoms with Gasteiger partial charge in [-0.2, -0.15) is 0 Å². The van der Waals surface area contributed by atoms with E-state index in [1.54, 1.807) is 0 Å². The van der Waals surface area contributed by atoms with Crippen LogP contribution in [-0.2, 0) is 6.54 Å². The molecule has 0 amide bonds. The van der Waals surface area contributed by atoms with E-state index < -0.39 is 0 Å². The fraction of sp³-hybridized carbons (Fsp3) is 0.867. The van der Waals surface area contributed by atoms with Crippen molar-refractivity contribution in [2.45, 2.75) is 71.9 Å². The van der Waals surface area contributed by atoms with E-state index in [0.29, 0.717) is 11.5 Å². The zero-order valence-corrected chi connectivity index (χ0v) is 12.7. The molecule has 1 aromatic rings. The smallest absolute Gasteiger partial charge is 0.0762 e. The molecule has 1 aliphatic carbocycles. The van der Waals surface area contributed by atoms with E-state index in [4.69, 9.17) is 0 Å². The third-order valence-corrected chi connectivity index (χ3v) is 4.48. The number of aromatic nitrogens is 3. The topological polar surface area (TPSA) is 42.7 Å². The predicted octanol–water partition coefficient (Wildman–Crippen LogP) is 3.31. The number of aryl methyl sites for hydroxylation is 1. The summed E-state index contributed by atoms with van der Waals surface area (Å²) in [5, 5.41) is 12.1. The quantitative estimate of drug-likeness (QED) is 0.857. The minimum atomic E-state index is 0.349. The van der Waals surface area contributed by atoms with E-state index >= 15 is 0 Å². The Kier molecular flexibility index (Phi) is 4.97. The van der Waals surface area contributed by atoms with Crippen LogP contribution in [0.1, 0.15) is 71.0 Å². The van der Waals surface area contributed by atoms with Gasteiger partial charge in [0.1, 0.15) is 0 Å². The molecule has 19 heavy (non-hydrogen) atoms. The van der Waals surface area contributed by atoms with E-state index in [-0.39, 0.29) is 0 Å². The van der Waals surface area contributed by atoms with E-state index in [2.05, 4.69) is 41.1 Å². The molecule has 1 fully saturated rings. The maximum atomic E-state index is 4.26. The van der Waals surface area contributed by atoms with Crippen LogP contribution in [0.5, 0.6) is 0 Å². The van der Waals surface area contributed by atoms with Gasteiger partial charge in [-0.25, -0.2) is 4.68 Å². The lowest BCUT2D eigenvalue weighted by atomic mass is 9.69. The molecule has 0 bridgehead atoms. The van der Waals surface area contributed by atoms with Crippen molar-refractivity contribution in [3.8, 4) is 0 Å². The van der Waals surface area contributed by atoms with Crippen LogP contribution in [0.15, 0.2) is 6.20 Å². The SMILES string of the molecule is CCCn1nncc1C(NCC)C1(C)CCCCC1. The van der Waals surface area contributed by atoms with Gasteiger partial charge in [-0.05, 0) is 31.2 Å². The summed E-state index contributed by atoms with van der Waals surface area (Å²) in [7, 11) is 0. The molecule has 1 heterocycles. The highest BCUT2D eigenvalue weighted by Crippen LogP contribution is 2.45. The maximum absolute atomic E-state index is 4.26. The van der Waals surface area contributed by atoms with E-state index in [0.717, 1.165) is 19.5 Å². The van der Waals surface area contributed by atoms with E-state index in [1.165, 1.54) is 37.8 Å². The Labute approximate surface area is 117 Å². The Balaban J connectivity index is 2.25. The average Bonchev–Trinajstić information content (AvgIpc) is 2.85. The minimum absolute atomic E-state index is 0.349. The predicted molar refractivity (Wildman–Crippen MR) is 77.9 cm³/mol. The fourth-order valence-corrected chi connectivity index (χ4v) is 3.44. The van der Waals surface area contributed by atoms with Crippen molar-refractivity contribution in [2.24, 2.45) is 5.41 Å². The van der Waals surface area contributed by atoms with E-state index in [1.807, 2.05) is 6.20 Å². The number of nitrogens with zero attached hydrogens (tertiary/aromatic N) is 3. The molecule has 2 rings (SSSR count). The van der Waals surface area contributed by atoms with Gasteiger partial charge < -0.3 is 5.32 Å². The summed E-state index contributed by atoms with van der Waals surface area (Å²) >= 11 is 0. The lowest BCUT2D eigenvalue weighted by molar-refractivity contribution is 0.139. The standard InChI is InChI=1S/C15H28N4/c1-4-11-19-13(12-17-18-19)14(16-5-2)15(3)9-7-6-8-10-15/h12,14,16H,4-11H2,1-3H3. The summed E-state index contributed by atoms with van der Waals surface area (Å²) in [6, 6.07) is 0.388. The highest BCUT2D eigenvalue weighted by molar-refractivity contribution is 5.09. The summed E-state index contributed by atoms with van der Waals surface area (Å²) in [4.78, 5) is 0. The number of rotatable bonds is 6. The molecule has 4 heteroatoms. The Morgan fingerprint density at radius 3 is 2.68 bits per heavy atom. The van der Waals surface area contributed by atoms with Crippen molar-refractivity contribution in [3.63, 3.8) is 0 Å². The second kappa shape index (κ2) is 6.51. The zero-order valence-electron chi connectivity index (χ0n) is 12.7. The summed E-state index contributed by atoms with van der Waals surface area (Å²) in [6.07, 6.45) is 9.78. The van der Waals surface area contributed by atoms with Gasteiger partial charge in [0.15, 0.2) is 0 Å². The summed E-state index contributed by atoms with van der Waals surface area (Å²) in [5.41, 5.74) is 1.62. The first-order valence-electron chi connectivity index (χ1n) is 7.83. The molecule has 1 saturated carbocycles. The van der Waals surface area contributed by atoms with Crippen molar-refractivity contribution < 1.29 is 0 Å². The molecule has 1 atom stereocenters. The van der Waals surface area contributed by atoms with Gasteiger partial charge >= 0.3 is 0 Å². The Morgan fingerprint density at radius 2 is 2.05 bits per heavy atom.